The molecule has 28 heavy (non-hydrogen) atoms. The second kappa shape index (κ2) is 9.36. The summed E-state index contributed by atoms with van der Waals surface area (Å²) in [7, 11) is 0. The van der Waals surface area contributed by atoms with Crippen LogP contribution in [0.25, 0.3) is 0 Å². The predicted molar refractivity (Wildman–Crippen MR) is 103 cm³/mol. The standard InChI is InChI=1S/C20H25FN4O3/c1-2-22-19(26)20(27)23-14-17(18-4-3-13-28-18)25-11-9-24(10-12-25)16-7-5-15(21)6-8-16/h3-8,13,17H,2,9-12,14H2,1H3,(H,22,26)(H,23,27)/t17-/m1/s1. The molecule has 3 rings (SSSR count). The SMILES string of the molecule is CCNC(=O)C(=O)NC[C@H](c1ccco1)N1CCN(c2ccc(F)cc2)CC1. The van der Waals surface area contributed by atoms with Gasteiger partial charge in [0.05, 0.1) is 12.3 Å². The number of halogens is 1. The summed E-state index contributed by atoms with van der Waals surface area (Å²) in [4.78, 5) is 28.0. The third-order valence-electron chi connectivity index (χ3n) is 4.82. The Labute approximate surface area is 163 Å². The highest BCUT2D eigenvalue weighted by Crippen LogP contribution is 2.24. The summed E-state index contributed by atoms with van der Waals surface area (Å²) in [6.45, 7) is 5.48. The van der Waals surface area contributed by atoms with Crippen LogP contribution in [0.3, 0.4) is 0 Å². The lowest BCUT2D eigenvalue weighted by Gasteiger charge is -2.39. The predicted octanol–water partition coefficient (Wildman–Crippen LogP) is 1.53. The third kappa shape index (κ3) is 4.89. The second-order valence-corrected chi connectivity index (χ2v) is 6.60. The van der Waals surface area contributed by atoms with Crippen LogP contribution >= 0.6 is 0 Å². The molecule has 2 N–H and O–H groups in total. The maximum absolute atomic E-state index is 13.1. The molecule has 1 aromatic carbocycles. The number of nitrogens with zero attached hydrogens (tertiary/aromatic N) is 2. The van der Waals surface area contributed by atoms with Gasteiger partial charge in [0.1, 0.15) is 11.6 Å². The zero-order chi connectivity index (χ0) is 19.9. The number of amides is 2. The zero-order valence-corrected chi connectivity index (χ0v) is 15.9. The Hall–Kier alpha value is -2.87. The molecular formula is C20H25FN4O3. The number of likely N-dealkylation sites (N-methyl/N-ethyl adjacent to an activating group) is 1. The molecule has 0 unspecified atom stereocenters. The van der Waals surface area contributed by atoms with Gasteiger partial charge < -0.3 is 20.0 Å². The van der Waals surface area contributed by atoms with Gasteiger partial charge in [-0.1, -0.05) is 0 Å². The van der Waals surface area contributed by atoms with Crippen LogP contribution in [-0.4, -0.2) is 56.0 Å². The number of furan rings is 1. The van der Waals surface area contributed by atoms with Crippen LogP contribution in [0.5, 0.6) is 0 Å². The van der Waals surface area contributed by atoms with Crippen LogP contribution < -0.4 is 15.5 Å². The lowest BCUT2D eigenvalue weighted by Crippen LogP contribution is -2.50. The molecule has 8 heteroatoms. The molecule has 7 nitrogen and oxygen atoms in total. The molecule has 2 amide bonds. The number of anilines is 1. The highest BCUT2D eigenvalue weighted by Gasteiger charge is 2.28. The lowest BCUT2D eigenvalue weighted by atomic mass is 10.1. The first kappa shape index (κ1) is 19.9. The normalized spacial score (nSPS) is 15.9. The van der Waals surface area contributed by atoms with Gasteiger partial charge in [-0.25, -0.2) is 4.39 Å². The van der Waals surface area contributed by atoms with E-state index in [4.69, 9.17) is 4.42 Å². The fourth-order valence-corrected chi connectivity index (χ4v) is 3.34. The Morgan fingerprint density at radius 1 is 1.07 bits per heavy atom. The van der Waals surface area contributed by atoms with Crippen molar-refractivity contribution >= 4 is 17.5 Å². The van der Waals surface area contributed by atoms with Crippen molar-refractivity contribution in [1.82, 2.24) is 15.5 Å². The molecular weight excluding hydrogens is 363 g/mol. The average Bonchev–Trinajstić information content (AvgIpc) is 3.24. The Bertz CT molecular complexity index is 771. The van der Waals surface area contributed by atoms with Crippen molar-refractivity contribution in [1.29, 1.82) is 0 Å². The van der Waals surface area contributed by atoms with E-state index in [2.05, 4.69) is 20.4 Å². The van der Waals surface area contributed by atoms with Gasteiger partial charge in [0, 0.05) is 45.0 Å². The third-order valence-corrected chi connectivity index (χ3v) is 4.82. The Morgan fingerprint density at radius 2 is 1.75 bits per heavy atom. The number of piperazine rings is 1. The van der Waals surface area contributed by atoms with Gasteiger partial charge >= 0.3 is 11.8 Å². The fraction of sp³-hybridized carbons (Fsp3) is 0.400. The number of hydrogen-bond acceptors (Lipinski definition) is 5. The summed E-state index contributed by atoms with van der Waals surface area (Å²) >= 11 is 0. The van der Waals surface area contributed by atoms with Crippen molar-refractivity contribution in [2.45, 2.75) is 13.0 Å². The molecule has 0 saturated carbocycles. The highest BCUT2D eigenvalue weighted by atomic mass is 19.1. The van der Waals surface area contributed by atoms with Crippen molar-refractivity contribution in [3.63, 3.8) is 0 Å². The van der Waals surface area contributed by atoms with Crippen molar-refractivity contribution < 1.29 is 18.4 Å². The Morgan fingerprint density at radius 3 is 2.36 bits per heavy atom. The van der Waals surface area contributed by atoms with Crippen molar-refractivity contribution in [3.8, 4) is 0 Å². The van der Waals surface area contributed by atoms with Crippen LogP contribution in [0.15, 0.2) is 47.1 Å². The lowest BCUT2D eigenvalue weighted by molar-refractivity contribution is -0.139. The van der Waals surface area contributed by atoms with Crippen molar-refractivity contribution in [2.24, 2.45) is 0 Å². The summed E-state index contributed by atoms with van der Waals surface area (Å²) < 4.78 is 18.7. The van der Waals surface area contributed by atoms with Crippen LogP contribution in [0.4, 0.5) is 10.1 Å². The van der Waals surface area contributed by atoms with Crippen LogP contribution in [0, 0.1) is 5.82 Å². The van der Waals surface area contributed by atoms with E-state index in [1.807, 2.05) is 12.1 Å². The van der Waals surface area contributed by atoms with Gasteiger partial charge in [-0.15, -0.1) is 0 Å². The molecule has 1 aromatic heterocycles. The summed E-state index contributed by atoms with van der Waals surface area (Å²) in [5.74, 6) is -0.792. The van der Waals surface area contributed by atoms with Gasteiger partial charge in [-0.3, -0.25) is 14.5 Å². The van der Waals surface area contributed by atoms with Gasteiger partial charge in [0.2, 0.25) is 0 Å². The first-order valence-electron chi connectivity index (χ1n) is 9.42. The fourth-order valence-electron chi connectivity index (χ4n) is 3.34. The van der Waals surface area contributed by atoms with E-state index in [0.29, 0.717) is 6.54 Å². The first-order chi connectivity index (χ1) is 13.6. The number of carbonyl (C=O) groups excluding carboxylic acids is 2. The molecule has 1 aliphatic rings. The van der Waals surface area contributed by atoms with E-state index >= 15 is 0 Å². The molecule has 2 aromatic rings. The molecule has 0 bridgehead atoms. The smallest absolute Gasteiger partial charge is 0.309 e. The topological polar surface area (TPSA) is 77.8 Å². The van der Waals surface area contributed by atoms with Crippen LogP contribution in [-0.2, 0) is 9.59 Å². The zero-order valence-electron chi connectivity index (χ0n) is 15.9. The monoisotopic (exact) mass is 388 g/mol. The van der Waals surface area contributed by atoms with Crippen LogP contribution in [0.1, 0.15) is 18.7 Å². The van der Waals surface area contributed by atoms with Gasteiger partial charge in [0.15, 0.2) is 0 Å². The maximum Gasteiger partial charge on any atom is 0.309 e. The molecule has 1 aliphatic heterocycles. The Balaban J connectivity index is 1.61. The van der Waals surface area contributed by atoms with E-state index in [-0.39, 0.29) is 18.4 Å². The molecule has 1 fully saturated rings. The molecule has 1 saturated heterocycles. The minimum atomic E-state index is -0.650. The second-order valence-electron chi connectivity index (χ2n) is 6.60. The number of carbonyl (C=O) groups is 2. The van der Waals surface area contributed by atoms with E-state index < -0.39 is 11.8 Å². The summed E-state index contributed by atoms with van der Waals surface area (Å²) in [5.41, 5.74) is 0.986. The maximum atomic E-state index is 13.1. The highest BCUT2D eigenvalue weighted by molar-refractivity contribution is 6.35. The van der Waals surface area contributed by atoms with E-state index in [9.17, 15) is 14.0 Å². The van der Waals surface area contributed by atoms with Gasteiger partial charge in [-0.2, -0.15) is 0 Å². The molecule has 2 heterocycles. The number of benzene rings is 1. The summed E-state index contributed by atoms with van der Waals surface area (Å²) in [6, 6.07) is 10.00. The van der Waals surface area contributed by atoms with E-state index in [0.717, 1.165) is 37.6 Å². The van der Waals surface area contributed by atoms with Crippen molar-refractivity contribution in [3.05, 3.63) is 54.2 Å². The molecule has 0 spiro atoms. The van der Waals surface area contributed by atoms with E-state index in [1.165, 1.54) is 12.1 Å². The largest absolute Gasteiger partial charge is 0.468 e. The van der Waals surface area contributed by atoms with Crippen molar-refractivity contribution in [2.75, 3.05) is 44.2 Å². The van der Waals surface area contributed by atoms with Gasteiger partial charge in [-0.05, 0) is 43.3 Å². The molecule has 0 aliphatic carbocycles. The average molecular weight is 388 g/mol. The quantitative estimate of drug-likeness (QED) is 0.734. The van der Waals surface area contributed by atoms with Gasteiger partial charge in [0.25, 0.3) is 0 Å². The first-order valence-corrected chi connectivity index (χ1v) is 9.42. The number of nitrogens with one attached hydrogen (secondary N) is 2. The van der Waals surface area contributed by atoms with Crippen LogP contribution in [0.2, 0.25) is 0 Å². The van der Waals surface area contributed by atoms with E-state index in [1.54, 1.807) is 25.3 Å². The Kier molecular flexibility index (Phi) is 6.65. The summed E-state index contributed by atoms with van der Waals surface area (Å²) in [6.07, 6.45) is 1.60. The minimum Gasteiger partial charge on any atom is -0.468 e. The molecule has 0 radical (unpaired) electrons. The molecule has 1 atom stereocenters. The number of rotatable bonds is 6. The molecule has 150 valence electrons. The number of hydrogen-bond donors (Lipinski definition) is 2. The summed E-state index contributed by atoms with van der Waals surface area (Å²) in [5, 5.41) is 5.18. The minimum absolute atomic E-state index is 0.163.